The lowest BCUT2D eigenvalue weighted by Crippen LogP contribution is -2.57. The van der Waals surface area contributed by atoms with E-state index in [4.69, 9.17) is 0 Å². The van der Waals surface area contributed by atoms with Crippen molar-refractivity contribution >= 4 is 26.0 Å². The summed E-state index contributed by atoms with van der Waals surface area (Å²) < 4.78 is 28.2. The summed E-state index contributed by atoms with van der Waals surface area (Å²) in [7, 11) is -3.40. The van der Waals surface area contributed by atoms with Gasteiger partial charge in [-0.3, -0.25) is 0 Å². The maximum absolute atomic E-state index is 13.2. The second-order valence-electron chi connectivity index (χ2n) is 6.77. The van der Waals surface area contributed by atoms with Crippen molar-refractivity contribution in [2.24, 2.45) is 0 Å². The summed E-state index contributed by atoms with van der Waals surface area (Å²) in [6.07, 6.45) is 7.34. The molecule has 122 valence electrons. The van der Waals surface area contributed by atoms with Gasteiger partial charge in [0, 0.05) is 16.9 Å². The third kappa shape index (κ3) is 3.00. The standard InChI is InChI=1S/C17H24BrNO2S/c1-14-5-7-16(8-6-14)22(20,21)19-12-9-15(18)13-17(19)10-3-2-4-11-17/h5-8,15H,2-4,9-13H2,1H3. The lowest BCUT2D eigenvalue weighted by atomic mass is 9.76. The molecule has 1 aromatic carbocycles. The van der Waals surface area contributed by atoms with E-state index in [-0.39, 0.29) is 5.54 Å². The van der Waals surface area contributed by atoms with Gasteiger partial charge < -0.3 is 0 Å². The molecule has 3 nitrogen and oxygen atoms in total. The van der Waals surface area contributed by atoms with Gasteiger partial charge >= 0.3 is 0 Å². The molecule has 1 aliphatic heterocycles. The number of rotatable bonds is 2. The molecule has 1 saturated carbocycles. The molecular weight excluding hydrogens is 362 g/mol. The highest BCUT2D eigenvalue weighted by Gasteiger charge is 2.47. The van der Waals surface area contributed by atoms with E-state index >= 15 is 0 Å². The van der Waals surface area contributed by atoms with Crippen molar-refractivity contribution in [1.29, 1.82) is 0 Å². The molecule has 0 bridgehead atoms. The van der Waals surface area contributed by atoms with Crippen LogP contribution in [0.3, 0.4) is 0 Å². The van der Waals surface area contributed by atoms with Crippen molar-refractivity contribution < 1.29 is 8.42 Å². The fraction of sp³-hybridized carbons (Fsp3) is 0.647. The second kappa shape index (κ2) is 6.25. The molecule has 0 N–H and O–H groups in total. The van der Waals surface area contributed by atoms with Crippen molar-refractivity contribution in [2.75, 3.05) is 6.54 Å². The van der Waals surface area contributed by atoms with Crippen molar-refractivity contribution in [3.05, 3.63) is 29.8 Å². The van der Waals surface area contributed by atoms with Crippen LogP contribution < -0.4 is 0 Å². The van der Waals surface area contributed by atoms with E-state index in [1.54, 1.807) is 12.1 Å². The Kier molecular flexibility index (Phi) is 4.68. The van der Waals surface area contributed by atoms with Gasteiger partial charge in [-0.15, -0.1) is 0 Å². The Hall–Kier alpha value is -0.390. The number of benzene rings is 1. The third-order valence-electron chi connectivity index (χ3n) is 5.17. The van der Waals surface area contributed by atoms with Crippen LogP contribution >= 0.6 is 15.9 Å². The summed E-state index contributed by atoms with van der Waals surface area (Å²) >= 11 is 3.74. The number of piperidine rings is 1. The summed E-state index contributed by atoms with van der Waals surface area (Å²) in [5, 5.41) is 0. The van der Waals surface area contributed by atoms with E-state index in [1.807, 2.05) is 23.4 Å². The van der Waals surface area contributed by atoms with Crippen LogP contribution in [0, 0.1) is 6.92 Å². The third-order valence-corrected chi connectivity index (χ3v) is 7.97. The molecule has 1 heterocycles. The van der Waals surface area contributed by atoms with E-state index in [9.17, 15) is 8.42 Å². The van der Waals surface area contributed by atoms with Gasteiger partial charge in [-0.1, -0.05) is 52.9 Å². The van der Waals surface area contributed by atoms with Gasteiger partial charge in [-0.05, 0) is 44.7 Å². The van der Waals surface area contributed by atoms with Crippen LogP contribution in [0.2, 0.25) is 0 Å². The molecule has 1 spiro atoms. The van der Waals surface area contributed by atoms with Crippen LogP contribution in [0.4, 0.5) is 0 Å². The van der Waals surface area contributed by atoms with Crippen LogP contribution in [0.15, 0.2) is 29.2 Å². The average molecular weight is 386 g/mol. The van der Waals surface area contributed by atoms with Crippen molar-refractivity contribution in [2.45, 2.75) is 67.1 Å². The first-order valence-electron chi connectivity index (χ1n) is 8.18. The number of halogens is 1. The fourth-order valence-electron chi connectivity index (χ4n) is 3.99. The molecule has 0 aromatic heterocycles. The Bertz CT molecular complexity index is 621. The van der Waals surface area contributed by atoms with Crippen molar-refractivity contribution in [3.8, 4) is 0 Å². The summed E-state index contributed by atoms with van der Waals surface area (Å²) in [6.45, 7) is 2.61. The topological polar surface area (TPSA) is 37.4 Å². The normalized spacial score (nSPS) is 26.2. The van der Waals surface area contributed by atoms with Crippen LogP contribution in [-0.2, 0) is 10.0 Å². The van der Waals surface area contributed by atoms with Crippen LogP contribution in [0.25, 0.3) is 0 Å². The van der Waals surface area contributed by atoms with Crippen molar-refractivity contribution in [1.82, 2.24) is 4.31 Å². The zero-order valence-electron chi connectivity index (χ0n) is 13.1. The minimum absolute atomic E-state index is 0.172. The van der Waals surface area contributed by atoms with Crippen LogP contribution in [-0.4, -0.2) is 29.6 Å². The van der Waals surface area contributed by atoms with E-state index in [0.29, 0.717) is 16.3 Å². The highest BCUT2D eigenvalue weighted by atomic mass is 79.9. The van der Waals surface area contributed by atoms with Gasteiger partial charge in [0.1, 0.15) is 0 Å². The van der Waals surface area contributed by atoms with E-state index in [2.05, 4.69) is 15.9 Å². The Morgan fingerprint density at radius 3 is 2.41 bits per heavy atom. The summed E-state index contributed by atoms with van der Waals surface area (Å²) in [5.74, 6) is 0. The van der Waals surface area contributed by atoms with Crippen molar-refractivity contribution in [3.63, 3.8) is 0 Å². The summed E-state index contributed by atoms with van der Waals surface area (Å²) in [4.78, 5) is 0.881. The number of hydrogen-bond acceptors (Lipinski definition) is 2. The molecule has 1 atom stereocenters. The molecule has 1 unspecified atom stereocenters. The zero-order chi connectivity index (χ0) is 15.8. The first-order chi connectivity index (χ1) is 10.4. The predicted octanol–water partition coefficient (Wildman–Crippen LogP) is 4.25. The molecule has 5 heteroatoms. The fourth-order valence-corrected chi connectivity index (χ4v) is 6.64. The average Bonchev–Trinajstić information content (AvgIpc) is 2.48. The predicted molar refractivity (Wildman–Crippen MR) is 92.8 cm³/mol. The van der Waals surface area contributed by atoms with E-state index in [0.717, 1.165) is 44.1 Å². The number of alkyl halides is 1. The smallest absolute Gasteiger partial charge is 0.207 e. The Labute approximate surface area is 142 Å². The minimum atomic E-state index is -3.40. The van der Waals surface area contributed by atoms with Gasteiger partial charge in [0.05, 0.1) is 4.90 Å². The maximum Gasteiger partial charge on any atom is 0.243 e. The Morgan fingerprint density at radius 2 is 1.77 bits per heavy atom. The lowest BCUT2D eigenvalue weighted by Gasteiger charge is -2.49. The van der Waals surface area contributed by atoms with Gasteiger partial charge in [-0.2, -0.15) is 4.31 Å². The van der Waals surface area contributed by atoms with Gasteiger partial charge in [0.2, 0.25) is 10.0 Å². The lowest BCUT2D eigenvalue weighted by molar-refractivity contribution is 0.0912. The summed E-state index contributed by atoms with van der Waals surface area (Å²) in [5.41, 5.74) is 0.916. The molecule has 2 fully saturated rings. The monoisotopic (exact) mass is 385 g/mol. The van der Waals surface area contributed by atoms with Gasteiger partial charge in [-0.25, -0.2) is 8.42 Å². The largest absolute Gasteiger partial charge is 0.243 e. The molecule has 0 radical (unpaired) electrons. The Balaban J connectivity index is 1.98. The molecule has 2 aliphatic rings. The molecule has 1 saturated heterocycles. The number of hydrogen-bond donors (Lipinski definition) is 0. The molecule has 1 aromatic rings. The quantitative estimate of drug-likeness (QED) is 0.713. The van der Waals surface area contributed by atoms with Crippen LogP contribution in [0.1, 0.15) is 50.5 Å². The highest BCUT2D eigenvalue weighted by Crippen LogP contribution is 2.44. The number of sulfonamides is 1. The van der Waals surface area contributed by atoms with Gasteiger partial charge in [0.25, 0.3) is 0 Å². The zero-order valence-corrected chi connectivity index (χ0v) is 15.5. The molecule has 3 rings (SSSR count). The van der Waals surface area contributed by atoms with E-state index < -0.39 is 10.0 Å². The second-order valence-corrected chi connectivity index (χ2v) is 9.92. The Morgan fingerprint density at radius 1 is 1.14 bits per heavy atom. The first kappa shape index (κ1) is 16.5. The molecule has 1 aliphatic carbocycles. The number of aryl methyl sites for hydroxylation is 1. The minimum Gasteiger partial charge on any atom is -0.207 e. The number of nitrogens with zero attached hydrogens (tertiary/aromatic N) is 1. The molecule has 0 amide bonds. The molecule has 22 heavy (non-hydrogen) atoms. The molecular formula is C17H24BrNO2S. The summed E-state index contributed by atoms with van der Waals surface area (Å²) in [6, 6.07) is 7.28. The first-order valence-corrected chi connectivity index (χ1v) is 10.5. The highest BCUT2D eigenvalue weighted by molar-refractivity contribution is 9.09. The van der Waals surface area contributed by atoms with E-state index in [1.165, 1.54) is 6.42 Å². The van der Waals surface area contributed by atoms with Gasteiger partial charge in [0.15, 0.2) is 0 Å². The van der Waals surface area contributed by atoms with Crippen LogP contribution in [0.5, 0.6) is 0 Å². The maximum atomic E-state index is 13.2. The SMILES string of the molecule is Cc1ccc(S(=O)(=O)N2CCC(Br)CC23CCCCC3)cc1.